The topological polar surface area (TPSA) is 88.7 Å². The van der Waals surface area contributed by atoms with Gasteiger partial charge in [-0.15, -0.1) is 0 Å². The van der Waals surface area contributed by atoms with Crippen LogP contribution in [0.5, 0.6) is 11.5 Å². The van der Waals surface area contributed by atoms with E-state index in [2.05, 4.69) is 52.9 Å². The van der Waals surface area contributed by atoms with Crippen LogP contribution in [0.25, 0.3) is 0 Å². The number of ether oxygens (including phenoxy) is 2. The molecule has 0 fully saturated rings. The van der Waals surface area contributed by atoms with Crippen LogP contribution in [0.4, 0.5) is 0 Å². The summed E-state index contributed by atoms with van der Waals surface area (Å²) in [4.78, 5) is 24.1. The maximum Gasteiger partial charge on any atom is 0.276 e. The van der Waals surface area contributed by atoms with Crippen LogP contribution < -0.4 is 25.6 Å². The van der Waals surface area contributed by atoms with E-state index in [-0.39, 0.29) is 17.1 Å². The molecule has 3 N–H and O–H groups in total. The molecule has 0 heterocycles. The summed E-state index contributed by atoms with van der Waals surface area (Å²) in [7, 11) is 1.54. The molecule has 0 radical (unpaired) electrons. The third-order valence-electron chi connectivity index (χ3n) is 4.05. The molecule has 0 aliphatic rings. The largest absolute Gasteiger partial charge is 0.497 e. The number of methoxy groups -OCH3 is 1. The third-order valence-corrected chi connectivity index (χ3v) is 4.88. The van der Waals surface area contributed by atoms with Crippen LogP contribution in [-0.2, 0) is 10.2 Å². The van der Waals surface area contributed by atoms with Crippen LogP contribution in [0.3, 0.4) is 0 Å². The molecule has 0 atom stereocenters. The molecule has 30 heavy (non-hydrogen) atoms. The lowest BCUT2D eigenvalue weighted by Gasteiger charge is -2.20. The number of halogens is 1. The van der Waals surface area contributed by atoms with Crippen LogP contribution in [0, 0.1) is 0 Å². The Hall–Kier alpha value is -2.65. The first-order chi connectivity index (χ1) is 14.1. The van der Waals surface area contributed by atoms with Crippen molar-refractivity contribution < 1.29 is 19.1 Å². The number of hydrogen-bond acceptors (Lipinski definition) is 5. The second kappa shape index (κ2) is 10.4. The van der Waals surface area contributed by atoms with Gasteiger partial charge in [-0.2, -0.15) is 0 Å². The lowest BCUT2D eigenvalue weighted by atomic mass is 9.87. The van der Waals surface area contributed by atoms with Crippen molar-refractivity contribution in [3.05, 3.63) is 58.1 Å². The third kappa shape index (κ3) is 7.00. The molecule has 160 valence electrons. The summed E-state index contributed by atoms with van der Waals surface area (Å²) in [5.74, 6) is 0.319. The van der Waals surface area contributed by atoms with Crippen molar-refractivity contribution in [2.75, 3.05) is 13.7 Å². The zero-order chi connectivity index (χ0) is 22.3. The summed E-state index contributed by atoms with van der Waals surface area (Å²) in [5, 5.41) is 2.43. The second-order valence-corrected chi connectivity index (χ2v) is 8.63. The average molecular weight is 494 g/mol. The summed E-state index contributed by atoms with van der Waals surface area (Å²) in [6.45, 7) is 6.12. The van der Waals surface area contributed by atoms with Gasteiger partial charge < -0.3 is 9.47 Å². The van der Waals surface area contributed by atoms with Crippen molar-refractivity contribution in [3.63, 3.8) is 0 Å². The molecule has 0 bridgehead atoms. The first-order valence-electron chi connectivity index (χ1n) is 9.07. The van der Waals surface area contributed by atoms with Crippen molar-refractivity contribution in [2.45, 2.75) is 26.2 Å². The van der Waals surface area contributed by atoms with Gasteiger partial charge in [0.15, 0.2) is 11.7 Å². The van der Waals surface area contributed by atoms with E-state index in [1.54, 1.807) is 31.4 Å². The van der Waals surface area contributed by atoms with Gasteiger partial charge in [-0.05, 0) is 75.5 Å². The van der Waals surface area contributed by atoms with Gasteiger partial charge in [0, 0.05) is 5.56 Å². The molecule has 0 aliphatic heterocycles. The predicted molar refractivity (Wildman–Crippen MR) is 123 cm³/mol. The Morgan fingerprint density at radius 3 is 2.30 bits per heavy atom. The number of thiocarbonyl (C=S) groups is 1. The highest BCUT2D eigenvalue weighted by molar-refractivity contribution is 9.10. The summed E-state index contributed by atoms with van der Waals surface area (Å²) < 4.78 is 11.3. The fraction of sp³-hybridized carbons (Fsp3) is 0.286. The zero-order valence-corrected chi connectivity index (χ0v) is 19.6. The highest BCUT2D eigenvalue weighted by Crippen LogP contribution is 2.31. The summed E-state index contributed by atoms with van der Waals surface area (Å²) in [5.41, 5.74) is 6.40. The normalized spacial score (nSPS) is 10.7. The predicted octanol–water partition coefficient (Wildman–Crippen LogP) is 3.47. The number of hydrogen-bond donors (Lipinski definition) is 3. The number of hydrazine groups is 1. The molecule has 0 aliphatic carbocycles. The molecule has 2 amide bonds. The Labute approximate surface area is 189 Å². The molecule has 0 saturated carbocycles. The second-order valence-electron chi connectivity index (χ2n) is 7.37. The number of rotatable bonds is 5. The molecule has 0 aromatic heterocycles. The van der Waals surface area contributed by atoms with E-state index in [1.807, 2.05) is 18.2 Å². The Bertz CT molecular complexity index is 927. The van der Waals surface area contributed by atoms with Crippen molar-refractivity contribution >= 4 is 45.1 Å². The van der Waals surface area contributed by atoms with Crippen LogP contribution in [-0.4, -0.2) is 30.6 Å². The zero-order valence-electron chi connectivity index (χ0n) is 17.2. The highest BCUT2D eigenvalue weighted by Gasteiger charge is 2.16. The van der Waals surface area contributed by atoms with Crippen LogP contribution in [0.1, 0.15) is 36.7 Å². The first-order valence-corrected chi connectivity index (χ1v) is 10.3. The van der Waals surface area contributed by atoms with Gasteiger partial charge in [-0.1, -0.05) is 26.8 Å². The number of carbonyl (C=O) groups is 2. The van der Waals surface area contributed by atoms with Crippen molar-refractivity contribution in [3.8, 4) is 11.5 Å². The van der Waals surface area contributed by atoms with Gasteiger partial charge in [0.1, 0.15) is 11.5 Å². The minimum atomic E-state index is -0.456. The number of amides is 2. The Morgan fingerprint density at radius 2 is 1.73 bits per heavy atom. The first kappa shape index (κ1) is 23.6. The fourth-order valence-electron chi connectivity index (χ4n) is 2.34. The highest BCUT2D eigenvalue weighted by atomic mass is 79.9. The molecule has 2 aromatic carbocycles. The van der Waals surface area contributed by atoms with E-state index in [0.717, 1.165) is 10.0 Å². The average Bonchev–Trinajstić information content (AvgIpc) is 2.70. The lowest BCUT2D eigenvalue weighted by molar-refractivity contribution is -0.123. The number of nitrogens with one attached hydrogen (secondary N) is 3. The van der Waals surface area contributed by atoms with E-state index in [9.17, 15) is 9.59 Å². The maximum absolute atomic E-state index is 12.1. The molecular formula is C21H24BrN3O4S. The minimum absolute atomic E-state index is 0.00823. The molecule has 9 heteroatoms. The molecule has 0 spiro atoms. The molecule has 0 unspecified atom stereocenters. The maximum atomic E-state index is 12.1. The van der Waals surface area contributed by atoms with Crippen LogP contribution >= 0.6 is 28.1 Å². The Kier molecular flexibility index (Phi) is 8.19. The summed E-state index contributed by atoms with van der Waals surface area (Å²) >= 11 is 8.48. The van der Waals surface area contributed by atoms with E-state index in [1.165, 1.54) is 0 Å². The lowest BCUT2D eigenvalue weighted by Crippen LogP contribution is -2.49. The van der Waals surface area contributed by atoms with Crippen LogP contribution in [0.2, 0.25) is 0 Å². The molecule has 0 saturated heterocycles. The quantitative estimate of drug-likeness (QED) is 0.436. The smallest absolute Gasteiger partial charge is 0.276 e. The van der Waals surface area contributed by atoms with Crippen molar-refractivity contribution in [2.24, 2.45) is 0 Å². The van der Waals surface area contributed by atoms with Gasteiger partial charge in [-0.3, -0.25) is 25.8 Å². The van der Waals surface area contributed by atoms with Crippen LogP contribution in [0.15, 0.2) is 46.9 Å². The standard InChI is InChI=1S/C21H24BrN3O4S/c1-21(2,3)14-7-10-17(16(22)11-14)29-12-18(26)24-25-20(30)23-19(27)13-5-8-15(28-4)9-6-13/h5-11H,12H2,1-4H3,(H,24,26)(H2,23,25,27,30). The number of benzene rings is 2. The van der Waals surface area contributed by atoms with E-state index in [4.69, 9.17) is 21.7 Å². The monoisotopic (exact) mass is 493 g/mol. The van der Waals surface area contributed by atoms with Gasteiger partial charge in [0.25, 0.3) is 11.8 Å². The summed E-state index contributed by atoms with van der Waals surface area (Å²) in [6.07, 6.45) is 0. The van der Waals surface area contributed by atoms with Crippen molar-refractivity contribution in [1.29, 1.82) is 0 Å². The number of carbonyl (C=O) groups excluding carboxylic acids is 2. The van der Waals surface area contributed by atoms with Crippen molar-refractivity contribution in [1.82, 2.24) is 16.2 Å². The Balaban J connectivity index is 1.78. The van der Waals surface area contributed by atoms with Gasteiger partial charge in [0.05, 0.1) is 11.6 Å². The molecule has 7 nitrogen and oxygen atoms in total. The fourth-order valence-corrected chi connectivity index (χ4v) is 2.98. The van der Waals surface area contributed by atoms with E-state index >= 15 is 0 Å². The van der Waals surface area contributed by atoms with Gasteiger partial charge >= 0.3 is 0 Å². The molecule has 2 rings (SSSR count). The van der Waals surface area contributed by atoms with E-state index < -0.39 is 11.8 Å². The molecular weight excluding hydrogens is 470 g/mol. The van der Waals surface area contributed by atoms with Gasteiger partial charge in [0.2, 0.25) is 0 Å². The molecule has 2 aromatic rings. The SMILES string of the molecule is COc1ccc(C(=O)NC(=S)NNC(=O)COc2ccc(C(C)(C)C)cc2Br)cc1. The van der Waals surface area contributed by atoms with E-state index in [0.29, 0.717) is 17.1 Å². The minimum Gasteiger partial charge on any atom is -0.497 e. The van der Waals surface area contributed by atoms with Gasteiger partial charge in [-0.25, -0.2) is 0 Å². The Morgan fingerprint density at radius 1 is 1.07 bits per heavy atom. The summed E-state index contributed by atoms with van der Waals surface area (Å²) in [6, 6.07) is 12.3.